The van der Waals surface area contributed by atoms with Gasteiger partial charge in [-0.3, -0.25) is 14.6 Å². The minimum absolute atomic E-state index is 0.103. The summed E-state index contributed by atoms with van der Waals surface area (Å²) in [6.45, 7) is 0. The average Bonchev–Trinajstić information content (AvgIpc) is 3.03. The van der Waals surface area contributed by atoms with Crippen LogP contribution < -0.4 is 5.32 Å². The lowest BCUT2D eigenvalue weighted by atomic mass is 9.89. The van der Waals surface area contributed by atoms with Crippen molar-refractivity contribution in [2.45, 2.75) is 35.9 Å². The number of pyridine rings is 1. The fraction of sp³-hybridized carbons (Fsp3) is 0.318. The van der Waals surface area contributed by atoms with Crippen LogP contribution in [-0.2, 0) is 14.6 Å². The molecule has 1 fully saturated rings. The molecule has 2 amide bonds. The number of hydrogen-bond donors (Lipinski definition) is 1. The number of aromatic nitrogens is 1. The Morgan fingerprint density at radius 2 is 1.86 bits per heavy atom. The molecule has 35 heavy (non-hydrogen) atoms. The highest BCUT2D eigenvalue weighted by molar-refractivity contribution is 7.90. The highest BCUT2D eigenvalue weighted by Gasteiger charge is 2.49. The third-order valence-corrected chi connectivity index (χ3v) is 7.37. The summed E-state index contributed by atoms with van der Waals surface area (Å²) >= 11 is 5.49. The number of benzene rings is 1. The van der Waals surface area contributed by atoms with Crippen LogP contribution >= 0.6 is 11.6 Å². The molecule has 186 valence electrons. The maximum atomic E-state index is 14.3. The van der Waals surface area contributed by atoms with E-state index >= 15 is 0 Å². The number of carbonyl (C=O) groups is 2. The highest BCUT2D eigenvalue weighted by Crippen LogP contribution is 2.39. The molecule has 1 N–H and O–H groups in total. The van der Waals surface area contributed by atoms with E-state index < -0.39 is 68.4 Å². The first-order chi connectivity index (χ1) is 16.4. The first-order valence-corrected chi connectivity index (χ1v) is 12.5. The van der Waals surface area contributed by atoms with Gasteiger partial charge >= 0.3 is 0 Å². The summed E-state index contributed by atoms with van der Waals surface area (Å²) < 4.78 is 79.4. The van der Waals surface area contributed by atoms with Crippen molar-refractivity contribution in [3.8, 4) is 0 Å². The molecule has 1 aliphatic carbocycles. The van der Waals surface area contributed by atoms with E-state index in [9.17, 15) is 35.6 Å². The van der Waals surface area contributed by atoms with Crippen molar-refractivity contribution in [1.29, 1.82) is 0 Å². The van der Waals surface area contributed by atoms with Crippen molar-refractivity contribution in [2.75, 3.05) is 6.26 Å². The number of nitrogens with one attached hydrogen (secondary N) is 1. The molecule has 0 spiro atoms. The van der Waals surface area contributed by atoms with Gasteiger partial charge in [0.1, 0.15) is 23.7 Å². The van der Waals surface area contributed by atoms with E-state index in [1.165, 1.54) is 0 Å². The molecule has 2 aliphatic rings. The predicted molar refractivity (Wildman–Crippen MR) is 117 cm³/mol. The Kier molecular flexibility index (Phi) is 6.62. The van der Waals surface area contributed by atoms with E-state index in [4.69, 9.17) is 11.6 Å². The normalized spacial score (nSPS) is 22.0. The van der Waals surface area contributed by atoms with Gasteiger partial charge in [-0.25, -0.2) is 26.0 Å². The monoisotopic (exact) mass is 531 g/mol. The second-order valence-electron chi connectivity index (χ2n) is 8.29. The van der Waals surface area contributed by atoms with Crippen LogP contribution in [0.1, 0.15) is 28.4 Å². The molecule has 4 rings (SSSR count). The molecular weight excluding hydrogens is 514 g/mol. The molecule has 0 radical (unpaired) electrons. The van der Waals surface area contributed by atoms with E-state index in [2.05, 4.69) is 4.98 Å². The zero-order chi connectivity index (χ0) is 25.7. The second kappa shape index (κ2) is 9.23. The van der Waals surface area contributed by atoms with Gasteiger partial charge in [-0.15, -0.1) is 0 Å². The molecule has 4 atom stereocenters. The minimum Gasteiger partial charge on any atom is -0.342 e. The van der Waals surface area contributed by atoms with Crippen molar-refractivity contribution in [3.05, 3.63) is 70.5 Å². The van der Waals surface area contributed by atoms with Gasteiger partial charge in [0, 0.05) is 30.1 Å². The molecule has 1 aliphatic heterocycles. The number of rotatable bonds is 6. The summed E-state index contributed by atoms with van der Waals surface area (Å²) in [4.78, 5) is 31.1. The van der Waals surface area contributed by atoms with Crippen LogP contribution in [0.2, 0.25) is 5.02 Å². The summed E-state index contributed by atoms with van der Waals surface area (Å²) in [7, 11) is -3.67. The van der Waals surface area contributed by atoms with Crippen LogP contribution in [0.5, 0.6) is 0 Å². The smallest absolute Gasteiger partial charge is 0.262 e. The predicted octanol–water partition coefficient (Wildman–Crippen LogP) is 3.31. The minimum atomic E-state index is -3.67. The average molecular weight is 532 g/mol. The second-order valence-corrected chi connectivity index (χ2v) is 10.7. The van der Waals surface area contributed by atoms with Gasteiger partial charge in [-0.05, 0) is 24.6 Å². The lowest BCUT2D eigenvalue weighted by Crippen LogP contribution is -2.50. The van der Waals surface area contributed by atoms with Crippen molar-refractivity contribution in [1.82, 2.24) is 15.2 Å². The quantitative estimate of drug-likeness (QED) is 0.350. The molecule has 1 aromatic heterocycles. The maximum absolute atomic E-state index is 14.3. The Hall–Kier alpha value is -2.99. The van der Waals surface area contributed by atoms with E-state index in [0.29, 0.717) is 12.1 Å². The van der Waals surface area contributed by atoms with E-state index in [1.54, 1.807) is 12.2 Å². The Morgan fingerprint density at radius 1 is 1.14 bits per heavy atom. The van der Waals surface area contributed by atoms with Gasteiger partial charge in [0.05, 0.1) is 21.5 Å². The number of halogens is 5. The van der Waals surface area contributed by atoms with Crippen molar-refractivity contribution >= 4 is 33.3 Å². The van der Waals surface area contributed by atoms with Gasteiger partial charge in [-0.2, -0.15) is 0 Å². The van der Waals surface area contributed by atoms with Crippen molar-refractivity contribution < 1.29 is 35.6 Å². The van der Waals surface area contributed by atoms with Gasteiger partial charge in [-0.1, -0.05) is 23.8 Å². The van der Waals surface area contributed by atoms with Gasteiger partial charge < -0.3 is 10.2 Å². The SMILES string of the molecule is CS(=O)(=O)c1cncc(C(=O)N2[C@@H](C(=O)N[C@@H](c3cc(F)c(Cl)cc3F)C(F)F)C[C@H]3C=C[C@H]32)c1. The summed E-state index contributed by atoms with van der Waals surface area (Å²) in [5, 5.41) is 1.43. The van der Waals surface area contributed by atoms with Crippen molar-refractivity contribution in [3.63, 3.8) is 0 Å². The Balaban J connectivity index is 1.63. The standard InChI is InChI=1S/C22H18ClF4N3O4S/c1-35(33,34)12-4-11(8-28-9-12)22(32)30-17-3-2-10(17)5-18(30)21(31)29-19(20(26)27)13-6-16(25)14(23)7-15(13)24/h2-4,6-10,17-20H,5H2,1H3,(H,29,31)/t10-,17-,18-,19+/m1/s1. The van der Waals surface area contributed by atoms with Crippen LogP contribution in [0.4, 0.5) is 17.6 Å². The van der Waals surface area contributed by atoms with Crippen LogP contribution in [0.15, 0.2) is 47.6 Å². The highest BCUT2D eigenvalue weighted by atomic mass is 35.5. The van der Waals surface area contributed by atoms with Gasteiger partial charge in [0.25, 0.3) is 12.3 Å². The topological polar surface area (TPSA) is 96.4 Å². The Morgan fingerprint density at radius 3 is 2.46 bits per heavy atom. The molecule has 0 bridgehead atoms. The van der Waals surface area contributed by atoms with Crippen LogP contribution in [-0.4, -0.2) is 54.9 Å². The first kappa shape index (κ1) is 25.1. The lowest BCUT2D eigenvalue weighted by molar-refractivity contribution is -0.127. The fourth-order valence-corrected chi connectivity index (χ4v) is 4.91. The molecule has 13 heteroatoms. The number of fused-ring (bicyclic) bond motifs is 1. The fourth-order valence-electron chi connectivity index (χ4n) is 4.16. The molecule has 0 unspecified atom stereocenters. The van der Waals surface area contributed by atoms with Crippen LogP contribution in [0, 0.1) is 17.6 Å². The molecule has 2 aromatic rings. The largest absolute Gasteiger partial charge is 0.342 e. The molecule has 1 saturated heterocycles. The zero-order valence-corrected chi connectivity index (χ0v) is 19.5. The van der Waals surface area contributed by atoms with E-state index in [-0.39, 0.29) is 22.8 Å². The molecule has 2 heterocycles. The third kappa shape index (κ3) is 4.76. The van der Waals surface area contributed by atoms with Crippen molar-refractivity contribution in [2.24, 2.45) is 5.92 Å². The molecule has 1 aromatic carbocycles. The Labute approximate surface area is 202 Å². The number of likely N-dealkylation sites (tertiary alicyclic amines) is 1. The van der Waals surface area contributed by atoms with Crippen LogP contribution in [0.3, 0.4) is 0 Å². The summed E-state index contributed by atoms with van der Waals surface area (Å²) in [6.07, 6.45) is 3.36. The number of hydrogen-bond acceptors (Lipinski definition) is 5. The van der Waals surface area contributed by atoms with E-state index in [0.717, 1.165) is 29.6 Å². The number of sulfone groups is 1. The number of carbonyl (C=O) groups excluding carboxylic acids is 2. The van der Waals surface area contributed by atoms with Gasteiger partial charge in [0.2, 0.25) is 5.91 Å². The maximum Gasteiger partial charge on any atom is 0.262 e. The summed E-state index contributed by atoms with van der Waals surface area (Å²) in [6, 6.07) is -1.81. The molecular formula is C22H18ClF4N3O4S. The molecule has 7 nitrogen and oxygen atoms in total. The number of alkyl halides is 2. The van der Waals surface area contributed by atoms with Gasteiger partial charge in [0.15, 0.2) is 9.84 Å². The summed E-state index contributed by atoms with van der Waals surface area (Å²) in [5.74, 6) is -4.32. The zero-order valence-electron chi connectivity index (χ0n) is 18.0. The third-order valence-electron chi connectivity index (χ3n) is 6.00. The number of nitrogens with zero attached hydrogens (tertiary/aromatic N) is 2. The number of amides is 2. The Bertz CT molecular complexity index is 1340. The summed E-state index contributed by atoms with van der Waals surface area (Å²) in [5.41, 5.74) is -0.903. The molecule has 0 saturated carbocycles. The van der Waals surface area contributed by atoms with E-state index in [1.807, 2.05) is 5.32 Å². The van der Waals surface area contributed by atoms with Crippen LogP contribution in [0.25, 0.3) is 0 Å². The first-order valence-electron chi connectivity index (χ1n) is 10.3. The lowest BCUT2D eigenvalue weighted by Gasteiger charge is -2.32.